The van der Waals surface area contributed by atoms with Crippen molar-refractivity contribution in [1.82, 2.24) is 14.3 Å². The summed E-state index contributed by atoms with van der Waals surface area (Å²) in [5.74, 6) is -0.610. The summed E-state index contributed by atoms with van der Waals surface area (Å²) >= 11 is 1.58. The summed E-state index contributed by atoms with van der Waals surface area (Å²) in [6.45, 7) is 2.04. The maximum atomic E-state index is 12.1. The number of H-pyrrole nitrogens is 1. The Morgan fingerprint density at radius 2 is 2.08 bits per heavy atom. The highest BCUT2D eigenvalue weighted by molar-refractivity contribution is 7.89. The number of hydrogen-bond acceptors (Lipinski definition) is 6. The number of sulfonamides is 1. The highest BCUT2D eigenvalue weighted by Gasteiger charge is 2.21. The van der Waals surface area contributed by atoms with Crippen LogP contribution >= 0.6 is 11.3 Å². The standard InChI is InChI=1S/C16H17N3O4S2/c1-10-18-13-5-4-11(6-15(13)24-10)9-23-16(20)14-7-12(8-17-14)25(21,22)19(2)3/h4-8,17H,9H2,1-3H3. The van der Waals surface area contributed by atoms with Gasteiger partial charge in [0.1, 0.15) is 17.2 Å². The first-order valence-corrected chi connectivity index (χ1v) is 9.67. The lowest BCUT2D eigenvalue weighted by molar-refractivity contribution is 0.0466. The van der Waals surface area contributed by atoms with E-state index in [4.69, 9.17) is 4.74 Å². The molecule has 0 saturated carbocycles. The van der Waals surface area contributed by atoms with Crippen molar-refractivity contribution in [2.75, 3.05) is 14.1 Å². The van der Waals surface area contributed by atoms with Crippen molar-refractivity contribution >= 4 is 37.5 Å². The first-order chi connectivity index (χ1) is 11.8. The molecule has 25 heavy (non-hydrogen) atoms. The Balaban J connectivity index is 1.71. The Bertz CT molecular complexity index is 1030. The molecule has 0 bridgehead atoms. The van der Waals surface area contributed by atoms with Gasteiger partial charge in [0.25, 0.3) is 0 Å². The summed E-state index contributed by atoms with van der Waals surface area (Å²) in [5, 5.41) is 0.977. The van der Waals surface area contributed by atoms with E-state index in [1.54, 1.807) is 11.3 Å². The second-order valence-electron chi connectivity index (χ2n) is 5.65. The molecule has 0 spiro atoms. The number of hydrogen-bond donors (Lipinski definition) is 1. The summed E-state index contributed by atoms with van der Waals surface area (Å²) in [6.07, 6.45) is 1.28. The Morgan fingerprint density at radius 1 is 1.32 bits per heavy atom. The smallest absolute Gasteiger partial charge is 0.355 e. The van der Waals surface area contributed by atoms with Gasteiger partial charge >= 0.3 is 5.97 Å². The molecule has 3 rings (SSSR count). The van der Waals surface area contributed by atoms with Crippen LogP contribution in [0.5, 0.6) is 0 Å². The van der Waals surface area contributed by atoms with Crippen molar-refractivity contribution in [3.63, 3.8) is 0 Å². The minimum atomic E-state index is -3.59. The lowest BCUT2D eigenvalue weighted by Gasteiger charge is -2.08. The molecule has 7 nitrogen and oxygen atoms in total. The minimum Gasteiger partial charge on any atom is -0.456 e. The van der Waals surface area contributed by atoms with E-state index in [1.807, 2.05) is 25.1 Å². The molecule has 3 aromatic rings. The van der Waals surface area contributed by atoms with Crippen LogP contribution in [0.1, 0.15) is 21.1 Å². The summed E-state index contributed by atoms with van der Waals surface area (Å²) < 4.78 is 31.4. The van der Waals surface area contributed by atoms with Crippen molar-refractivity contribution in [3.8, 4) is 0 Å². The molecule has 0 fully saturated rings. The van der Waals surface area contributed by atoms with Crippen LogP contribution in [-0.2, 0) is 21.4 Å². The molecular formula is C16H17N3O4S2. The molecule has 0 radical (unpaired) electrons. The van der Waals surface area contributed by atoms with E-state index >= 15 is 0 Å². The Kier molecular flexibility index (Phi) is 4.63. The van der Waals surface area contributed by atoms with Gasteiger partial charge in [0.15, 0.2) is 0 Å². The van der Waals surface area contributed by atoms with Crippen molar-refractivity contribution < 1.29 is 17.9 Å². The fourth-order valence-electron chi connectivity index (χ4n) is 2.25. The number of ether oxygens (including phenoxy) is 1. The van der Waals surface area contributed by atoms with E-state index in [0.29, 0.717) is 0 Å². The van der Waals surface area contributed by atoms with Gasteiger partial charge in [0.2, 0.25) is 10.0 Å². The molecule has 0 aliphatic heterocycles. The van der Waals surface area contributed by atoms with E-state index in [9.17, 15) is 13.2 Å². The van der Waals surface area contributed by atoms with Gasteiger partial charge in [-0.05, 0) is 30.7 Å². The van der Waals surface area contributed by atoms with Crippen LogP contribution < -0.4 is 0 Å². The van der Waals surface area contributed by atoms with E-state index in [-0.39, 0.29) is 17.2 Å². The van der Waals surface area contributed by atoms with Crippen LogP contribution in [0.3, 0.4) is 0 Å². The SMILES string of the molecule is Cc1nc2ccc(COC(=O)c3cc(S(=O)(=O)N(C)C)c[nH]3)cc2s1. The van der Waals surface area contributed by atoms with Gasteiger partial charge in [-0.25, -0.2) is 22.5 Å². The number of aromatic nitrogens is 2. The van der Waals surface area contributed by atoms with Gasteiger partial charge in [0, 0.05) is 20.3 Å². The van der Waals surface area contributed by atoms with E-state index < -0.39 is 16.0 Å². The molecule has 0 saturated heterocycles. The number of thiazole rings is 1. The fraction of sp³-hybridized carbons (Fsp3) is 0.250. The molecule has 132 valence electrons. The topological polar surface area (TPSA) is 92.4 Å². The summed E-state index contributed by atoms with van der Waals surface area (Å²) in [4.78, 5) is 19.2. The average Bonchev–Trinajstić information content (AvgIpc) is 3.17. The van der Waals surface area contributed by atoms with Crippen LogP contribution in [0.25, 0.3) is 10.2 Å². The van der Waals surface area contributed by atoms with Gasteiger partial charge in [-0.15, -0.1) is 11.3 Å². The Labute approximate surface area is 149 Å². The molecule has 0 aliphatic rings. The number of aryl methyl sites for hydroxylation is 1. The van der Waals surface area contributed by atoms with Crippen LogP contribution in [0.2, 0.25) is 0 Å². The predicted molar refractivity (Wildman–Crippen MR) is 95.1 cm³/mol. The fourth-order valence-corrected chi connectivity index (χ4v) is 4.04. The largest absolute Gasteiger partial charge is 0.456 e. The normalized spacial score (nSPS) is 12.0. The lowest BCUT2D eigenvalue weighted by atomic mass is 10.2. The third-order valence-corrected chi connectivity index (χ3v) is 6.31. The van der Waals surface area contributed by atoms with Crippen molar-refractivity contribution in [3.05, 3.63) is 46.7 Å². The summed E-state index contributed by atoms with van der Waals surface area (Å²) in [7, 11) is -0.734. The van der Waals surface area contributed by atoms with Gasteiger partial charge < -0.3 is 9.72 Å². The van der Waals surface area contributed by atoms with Gasteiger partial charge in [-0.2, -0.15) is 0 Å². The van der Waals surface area contributed by atoms with Crippen LogP contribution in [0.4, 0.5) is 0 Å². The molecular weight excluding hydrogens is 362 g/mol. The average molecular weight is 379 g/mol. The minimum absolute atomic E-state index is 0.0194. The number of carbonyl (C=O) groups is 1. The zero-order valence-electron chi connectivity index (χ0n) is 13.9. The Hall–Kier alpha value is -2.23. The highest BCUT2D eigenvalue weighted by Crippen LogP contribution is 2.23. The third-order valence-electron chi connectivity index (χ3n) is 3.58. The molecule has 2 heterocycles. The van der Waals surface area contributed by atoms with Crippen molar-refractivity contribution in [1.29, 1.82) is 0 Å². The van der Waals surface area contributed by atoms with Crippen LogP contribution in [-0.4, -0.2) is 42.8 Å². The molecule has 1 N–H and O–H groups in total. The number of nitrogens with zero attached hydrogens (tertiary/aromatic N) is 2. The Morgan fingerprint density at radius 3 is 2.80 bits per heavy atom. The van der Waals surface area contributed by atoms with E-state index in [1.165, 1.54) is 26.4 Å². The number of carbonyl (C=O) groups excluding carboxylic acids is 1. The highest BCUT2D eigenvalue weighted by atomic mass is 32.2. The first-order valence-electron chi connectivity index (χ1n) is 7.41. The second kappa shape index (κ2) is 6.58. The molecule has 0 aliphatic carbocycles. The predicted octanol–water partition coefficient (Wildman–Crippen LogP) is 2.54. The summed E-state index contributed by atoms with van der Waals surface area (Å²) in [5.41, 5.74) is 1.85. The molecule has 1 aromatic carbocycles. The van der Waals surface area contributed by atoms with E-state index in [0.717, 1.165) is 25.1 Å². The maximum Gasteiger partial charge on any atom is 0.355 e. The van der Waals surface area contributed by atoms with Gasteiger partial charge in [0.05, 0.1) is 15.2 Å². The number of aromatic amines is 1. The number of rotatable bonds is 5. The third kappa shape index (κ3) is 3.58. The molecule has 2 aromatic heterocycles. The maximum absolute atomic E-state index is 12.1. The molecule has 9 heteroatoms. The molecule has 0 unspecified atom stereocenters. The monoisotopic (exact) mass is 379 g/mol. The molecule has 0 atom stereocenters. The zero-order chi connectivity index (χ0) is 18.2. The summed E-state index contributed by atoms with van der Waals surface area (Å²) in [6, 6.07) is 6.95. The number of nitrogens with one attached hydrogen (secondary N) is 1. The zero-order valence-corrected chi connectivity index (χ0v) is 15.6. The quantitative estimate of drug-likeness (QED) is 0.688. The van der Waals surface area contributed by atoms with Crippen molar-refractivity contribution in [2.45, 2.75) is 18.4 Å². The van der Waals surface area contributed by atoms with Crippen LogP contribution in [0, 0.1) is 6.92 Å². The first kappa shape index (κ1) is 17.6. The van der Waals surface area contributed by atoms with E-state index in [2.05, 4.69) is 9.97 Å². The molecule has 0 amide bonds. The van der Waals surface area contributed by atoms with Gasteiger partial charge in [-0.3, -0.25) is 0 Å². The van der Waals surface area contributed by atoms with Gasteiger partial charge in [-0.1, -0.05) is 6.07 Å². The number of benzene rings is 1. The lowest BCUT2D eigenvalue weighted by Crippen LogP contribution is -2.21. The number of fused-ring (bicyclic) bond motifs is 1. The van der Waals surface area contributed by atoms with Crippen molar-refractivity contribution in [2.24, 2.45) is 0 Å². The number of esters is 1. The van der Waals surface area contributed by atoms with Crippen LogP contribution in [0.15, 0.2) is 35.4 Å². The second-order valence-corrected chi connectivity index (χ2v) is 9.03.